The lowest BCUT2D eigenvalue weighted by Crippen LogP contribution is -2.38. The molecule has 1 aliphatic heterocycles. The summed E-state index contributed by atoms with van der Waals surface area (Å²) in [7, 11) is 0. The summed E-state index contributed by atoms with van der Waals surface area (Å²) in [4.78, 5) is 28.2. The molecule has 0 saturated carbocycles. The second-order valence-electron chi connectivity index (χ2n) is 8.66. The molecular formula is C30H28BrNO5S2. The Bertz CT molecular complexity index is 1410. The molecule has 0 aliphatic carbocycles. The number of hydrogen-bond donors (Lipinski definition) is 0. The maximum Gasteiger partial charge on any atom is 0.333 e. The minimum atomic E-state index is -0.965. The van der Waals surface area contributed by atoms with Gasteiger partial charge in [0.1, 0.15) is 10.9 Å². The van der Waals surface area contributed by atoms with Gasteiger partial charge in [-0.25, -0.2) is 4.79 Å². The summed E-state index contributed by atoms with van der Waals surface area (Å²) in [5, 5.41) is 0. The Morgan fingerprint density at radius 2 is 1.82 bits per heavy atom. The number of carbonyl (C=O) groups is 2. The molecule has 4 rings (SSSR count). The molecule has 1 unspecified atom stereocenters. The van der Waals surface area contributed by atoms with E-state index in [2.05, 4.69) is 22.0 Å². The van der Waals surface area contributed by atoms with Crippen LogP contribution in [-0.4, -0.2) is 34.3 Å². The van der Waals surface area contributed by atoms with Gasteiger partial charge in [0.05, 0.1) is 22.6 Å². The van der Waals surface area contributed by atoms with E-state index in [4.69, 9.17) is 26.4 Å². The highest BCUT2D eigenvalue weighted by Crippen LogP contribution is 2.41. The quantitative estimate of drug-likeness (QED) is 0.134. The topological polar surface area (TPSA) is 65.1 Å². The maximum atomic E-state index is 13.6. The van der Waals surface area contributed by atoms with Crippen LogP contribution in [0.25, 0.3) is 6.08 Å². The Morgan fingerprint density at radius 1 is 1.05 bits per heavy atom. The van der Waals surface area contributed by atoms with E-state index < -0.39 is 12.0 Å². The Kier molecular flexibility index (Phi) is 9.83. The van der Waals surface area contributed by atoms with Crippen LogP contribution in [0.4, 0.5) is 0 Å². The highest BCUT2D eigenvalue weighted by molar-refractivity contribution is 9.10. The molecule has 0 radical (unpaired) electrons. The first kappa shape index (κ1) is 28.9. The monoisotopic (exact) mass is 625 g/mol. The van der Waals surface area contributed by atoms with E-state index >= 15 is 0 Å². The van der Waals surface area contributed by atoms with Gasteiger partial charge in [0.2, 0.25) is 0 Å². The molecule has 0 spiro atoms. The van der Waals surface area contributed by atoms with Gasteiger partial charge in [-0.05, 0) is 71.6 Å². The lowest BCUT2D eigenvalue weighted by molar-refractivity contribution is -0.151. The average Bonchev–Trinajstić information content (AvgIpc) is 3.17. The molecule has 3 aromatic carbocycles. The highest BCUT2D eigenvalue weighted by atomic mass is 79.9. The first-order valence-corrected chi connectivity index (χ1v) is 14.5. The average molecular weight is 627 g/mol. The van der Waals surface area contributed by atoms with Gasteiger partial charge in [0.15, 0.2) is 17.5 Å². The Balaban J connectivity index is 1.63. The van der Waals surface area contributed by atoms with Crippen LogP contribution in [0.3, 0.4) is 0 Å². The van der Waals surface area contributed by atoms with Crippen molar-refractivity contribution < 1.29 is 23.8 Å². The zero-order valence-corrected chi connectivity index (χ0v) is 25.0. The minimum Gasteiger partial charge on any atom is -0.490 e. The lowest BCUT2D eigenvalue weighted by atomic mass is 10.1. The molecule has 1 saturated heterocycles. The van der Waals surface area contributed by atoms with Crippen molar-refractivity contribution in [2.45, 2.75) is 33.4 Å². The number of carbonyl (C=O) groups excluding carboxylic acids is 2. The molecule has 0 N–H and O–H groups in total. The Morgan fingerprint density at radius 3 is 2.51 bits per heavy atom. The van der Waals surface area contributed by atoms with Crippen LogP contribution in [0.5, 0.6) is 11.5 Å². The number of rotatable bonds is 10. The van der Waals surface area contributed by atoms with E-state index in [0.29, 0.717) is 39.7 Å². The van der Waals surface area contributed by atoms with Crippen molar-refractivity contribution in [2.24, 2.45) is 0 Å². The first-order chi connectivity index (χ1) is 18.8. The van der Waals surface area contributed by atoms with Gasteiger partial charge in [0, 0.05) is 0 Å². The fourth-order valence-electron chi connectivity index (χ4n) is 4.13. The third kappa shape index (κ3) is 6.90. The summed E-state index contributed by atoms with van der Waals surface area (Å²) in [5.41, 5.74) is 3.56. The van der Waals surface area contributed by atoms with E-state index in [0.717, 1.165) is 28.5 Å². The molecule has 39 heavy (non-hydrogen) atoms. The third-order valence-electron chi connectivity index (χ3n) is 5.80. The van der Waals surface area contributed by atoms with Gasteiger partial charge in [0.25, 0.3) is 5.91 Å². The fourth-order valence-corrected chi connectivity index (χ4v) is 6.02. The van der Waals surface area contributed by atoms with E-state index in [1.54, 1.807) is 25.1 Å². The van der Waals surface area contributed by atoms with Crippen molar-refractivity contribution in [2.75, 3.05) is 13.2 Å². The number of thiocarbonyl (C=S) groups is 1. The standard InChI is InChI=1S/C30H28BrNO5S2/c1-4-35-24-16-21(15-23(31)27(24)37-18-20-11-9-10-19(3)14-20)17-25-28(33)32(30(38)39-25)26(29(34)36-5-2)22-12-7-6-8-13-22/h6-17,26H,4-5,18H2,1-3H3/b25-17+. The molecule has 3 aromatic rings. The predicted molar refractivity (Wildman–Crippen MR) is 162 cm³/mol. The number of benzene rings is 3. The third-order valence-corrected chi connectivity index (χ3v) is 7.72. The predicted octanol–water partition coefficient (Wildman–Crippen LogP) is 7.24. The number of hydrogen-bond acceptors (Lipinski definition) is 7. The van der Waals surface area contributed by atoms with E-state index in [9.17, 15) is 9.59 Å². The molecule has 202 valence electrons. The summed E-state index contributed by atoms with van der Waals surface area (Å²) >= 11 is 10.3. The lowest BCUT2D eigenvalue weighted by Gasteiger charge is -2.25. The molecule has 1 atom stereocenters. The first-order valence-electron chi connectivity index (χ1n) is 12.5. The van der Waals surface area contributed by atoms with Crippen molar-refractivity contribution >= 4 is 62.2 Å². The minimum absolute atomic E-state index is 0.194. The zero-order chi connectivity index (χ0) is 27.9. The second-order valence-corrected chi connectivity index (χ2v) is 11.2. The smallest absolute Gasteiger partial charge is 0.333 e. The summed E-state index contributed by atoms with van der Waals surface area (Å²) in [6.45, 7) is 6.68. The van der Waals surface area contributed by atoms with Crippen molar-refractivity contribution in [1.29, 1.82) is 0 Å². The van der Waals surface area contributed by atoms with Crippen LogP contribution < -0.4 is 9.47 Å². The van der Waals surface area contributed by atoms with Crippen molar-refractivity contribution in [1.82, 2.24) is 4.90 Å². The number of ether oxygens (including phenoxy) is 3. The summed E-state index contributed by atoms with van der Waals surface area (Å²) in [5.74, 6) is 0.239. The number of aryl methyl sites for hydroxylation is 1. The number of amides is 1. The number of esters is 1. The summed E-state index contributed by atoms with van der Waals surface area (Å²) in [6.07, 6.45) is 1.74. The second kappa shape index (κ2) is 13.3. The molecule has 9 heteroatoms. The van der Waals surface area contributed by atoms with Gasteiger partial charge >= 0.3 is 5.97 Å². The van der Waals surface area contributed by atoms with E-state index in [1.807, 2.05) is 62.4 Å². The fraction of sp³-hybridized carbons (Fsp3) is 0.233. The van der Waals surface area contributed by atoms with Crippen LogP contribution in [-0.2, 0) is 20.9 Å². The van der Waals surface area contributed by atoms with Gasteiger partial charge in [-0.3, -0.25) is 9.69 Å². The maximum absolute atomic E-state index is 13.6. The Hall–Kier alpha value is -3.14. The van der Waals surface area contributed by atoms with Crippen molar-refractivity contribution in [3.8, 4) is 11.5 Å². The van der Waals surface area contributed by atoms with Crippen molar-refractivity contribution in [3.05, 3.63) is 98.4 Å². The van der Waals surface area contributed by atoms with Crippen LogP contribution in [0, 0.1) is 6.92 Å². The van der Waals surface area contributed by atoms with Crippen LogP contribution in [0.1, 0.15) is 42.1 Å². The van der Waals surface area contributed by atoms with Crippen LogP contribution >= 0.6 is 39.9 Å². The highest BCUT2D eigenvalue weighted by Gasteiger charge is 2.42. The Labute approximate surface area is 246 Å². The van der Waals surface area contributed by atoms with E-state index in [1.165, 1.54) is 4.90 Å². The SMILES string of the molecule is CCOC(=O)C(c1ccccc1)N1C(=O)/C(=C\c2cc(Br)c(OCc3cccc(C)c3)c(OCC)c2)SC1=S. The molecule has 0 aromatic heterocycles. The molecule has 1 fully saturated rings. The molecular weight excluding hydrogens is 598 g/mol. The van der Waals surface area contributed by atoms with Gasteiger partial charge in [-0.2, -0.15) is 0 Å². The molecule has 1 heterocycles. The van der Waals surface area contributed by atoms with Gasteiger partial charge < -0.3 is 14.2 Å². The number of thioether (sulfide) groups is 1. The largest absolute Gasteiger partial charge is 0.490 e. The summed E-state index contributed by atoms with van der Waals surface area (Å²) < 4.78 is 18.3. The number of nitrogens with zero attached hydrogens (tertiary/aromatic N) is 1. The molecule has 0 bridgehead atoms. The number of halogens is 1. The van der Waals surface area contributed by atoms with Crippen molar-refractivity contribution in [3.63, 3.8) is 0 Å². The molecule has 1 amide bonds. The van der Waals surface area contributed by atoms with Crippen LogP contribution in [0.2, 0.25) is 0 Å². The normalized spacial score (nSPS) is 15.0. The van der Waals surface area contributed by atoms with Gasteiger partial charge in [-0.1, -0.05) is 84.1 Å². The zero-order valence-electron chi connectivity index (χ0n) is 21.8. The summed E-state index contributed by atoms with van der Waals surface area (Å²) in [6, 6.07) is 19.9. The molecule has 6 nitrogen and oxygen atoms in total. The molecule has 1 aliphatic rings. The van der Waals surface area contributed by atoms with Gasteiger partial charge in [-0.15, -0.1) is 0 Å². The van der Waals surface area contributed by atoms with Crippen LogP contribution in [0.15, 0.2) is 76.1 Å². The van der Waals surface area contributed by atoms with E-state index in [-0.39, 0.29) is 16.8 Å².